The van der Waals surface area contributed by atoms with Gasteiger partial charge in [0, 0.05) is 123 Å². The molecule has 6 aliphatic rings. The number of unbranched alkanes of at least 4 members (excludes halogenated alkanes) is 3. The highest BCUT2D eigenvalue weighted by Crippen LogP contribution is 2.59. The quantitative estimate of drug-likeness (QED) is 0.0216. The second-order valence-electron chi connectivity index (χ2n) is 30.8. The second kappa shape index (κ2) is 33.5. The Bertz CT molecular complexity index is 4460. The fourth-order valence-electron chi connectivity index (χ4n) is 15.7. The number of benzene rings is 5. The lowest BCUT2D eigenvalue weighted by Crippen LogP contribution is -2.57. The number of nitrogens with zero attached hydrogens (tertiary/aromatic N) is 6. The summed E-state index contributed by atoms with van der Waals surface area (Å²) < 4.78 is 101. The molecule has 1 spiro atoms. The standard InChI is InChI=1S/C79H96ClF3N10O10S4/c1-51(53-17-19-55(20-18-53)72-52(2)84-50-105-72)85-75(98)68-42-63(94)48-93(68)76(99)73(77(3,4)5)87-70(95)15-11-6-7-12-16-71(96)92-47-61-41-62(92)46-91(61)36-32-59(49-104-64-13-9-8-10-14-64)86-67-30-29-65(43-69(67)106(100,101)79(81,82)83)107(102,103)88-74(97)56-23-27-60(28-24-56)90-39-37-89(38-40-90)45-57-44-78(34-35-78)33-31-66(57)54-21-25-58(80)26-22-54/h8-10,13-14,17-30,43,50-51,59,61-63,68,73,86,94H,6-7,11-12,15-16,31-42,44-49H2,1-5H3,(H,85,98)(H,87,95)(H,88,97)/t51-,59+,61-,62-,63+,68-,73+/m0/s1. The Hall–Kier alpha value is -7.37. The molecule has 5 fully saturated rings. The Morgan fingerprint density at radius 3 is 2.11 bits per heavy atom. The lowest BCUT2D eigenvalue weighted by Gasteiger charge is -2.38. The zero-order valence-electron chi connectivity index (χ0n) is 61.1. The van der Waals surface area contributed by atoms with Crippen molar-refractivity contribution >= 4 is 101 Å². The fraction of sp³-hybridized carbons (Fsp3) is 0.494. The molecule has 6 aromatic rings. The Morgan fingerprint density at radius 2 is 1.47 bits per heavy atom. The number of amides is 5. The number of carbonyl (C=O) groups is 5. The number of halogens is 4. The molecule has 107 heavy (non-hydrogen) atoms. The van der Waals surface area contributed by atoms with E-state index >= 15 is 0 Å². The maximum absolute atomic E-state index is 14.6. The third kappa shape index (κ3) is 19.3. The zero-order valence-corrected chi connectivity index (χ0v) is 65.1. The number of aliphatic hydroxyl groups is 1. The summed E-state index contributed by atoms with van der Waals surface area (Å²) in [5, 5.41) is 20.5. The minimum Gasteiger partial charge on any atom is -0.391 e. The summed E-state index contributed by atoms with van der Waals surface area (Å²) in [6, 6.07) is 31.0. The monoisotopic (exact) mass is 1560 g/mol. The summed E-state index contributed by atoms with van der Waals surface area (Å²) in [5.41, 5.74) is 2.99. The number of rotatable bonds is 29. The first kappa shape index (κ1) is 79.2. The molecule has 12 rings (SSSR count). The van der Waals surface area contributed by atoms with E-state index in [1.807, 2.05) is 111 Å². The number of sulfonamides is 1. The van der Waals surface area contributed by atoms with Crippen LogP contribution in [0.25, 0.3) is 16.0 Å². The molecule has 5 amide bonds. The minimum absolute atomic E-state index is 0.00467. The van der Waals surface area contributed by atoms with Crippen LogP contribution in [0.3, 0.4) is 0 Å². The number of allylic oxidation sites excluding steroid dienone is 1. The molecule has 7 atom stereocenters. The van der Waals surface area contributed by atoms with E-state index in [0.717, 1.165) is 96.4 Å². The number of piperazine rings is 2. The fourth-order valence-corrected chi connectivity index (χ4v) is 19.6. The minimum atomic E-state index is -6.18. The third-order valence-electron chi connectivity index (χ3n) is 22.0. The predicted octanol–water partition coefficient (Wildman–Crippen LogP) is 12.7. The van der Waals surface area contributed by atoms with E-state index < -0.39 is 88.2 Å². The van der Waals surface area contributed by atoms with Crippen molar-refractivity contribution in [2.45, 2.75) is 187 Å². The number of nitrogens with one attached hydrogen (secondary N) is 4. The third-order valence-corrected chi connectivity index (χ3v) is 27.3. The van der Waals surface area contributed by atoms with Crippen molar-refractivity contribution in [3.63, 3.8) is 0 Å². The Balaban J connectivity index is 0.603. The summed E-state index contributed by atoms with van der Waals surface area (Å²) in [7, 11) is -11.1. The summed E-state index contributed by atoms with van der Waals surface area (Å²) in [4.78, 5) is 83.3. The summed E-state index contributed by atoms with van der Waals surface area (Å²) >= 11 is 9.20. The Labute approximate surface area is 639 Å². The van der Waals surface area contributed by atoms with Crippen LogP contribution in [0.15, 0.2) is 147 Å². The number of hydrogen-bond donors (Lipinski definition) is 5. The van der Waals surface area contributed by atoms with Gasteiger partial charge in [0.2, 0.25) is 23.6 Å². The molecule has 5 aromatic carbocycles. The maximum atomic E-state index is 14.6. The smallest absolute Gasteiger partial charge is 0.391 e. The molecule has 0 unspecified atom stereocenters. The first-order chi connectivity index (χ1) is 50.9. The number of hydrogen-bond acceptors (Lipinski definition) is 17. The summed E-state index contributed by atoms with van der Waals surface area (Å²) in [5.74, 6) is -1.93. The number of likely N-dealkylation sites (tertiary alicyclic amines) is 3. The number of fused-ring (bicyclic) bond motifs is 2. The van der Waals surface area contributed by atoms with E-state index in [1.54, 1.807) is 29.0 Å². The zero-order chi connectivity index (χ0) is 76.2. The largest absolute Gasteiger partial charge is 0.501 e. The molecule has 5 heterocycles. The van der Waals surface area contributed by atoms with Gasteiger partial charge in [-0.3, -0.25) is 33.8 Å². The highest BCUT2D eigenvalue weighted by Gasteiger charge is 2.50. The number of aromatic nitrogens is 1. The number of carbonyl (C=O) groups excluding carboxylic acids is 5. The van der Waals surface area contributed by atoms with E-state index in [1.165, 1.54) is 64.8 Å². The Morgan fingerprint density at radius 1 is 0.776 bits per heavy atom. The van der Waals surface area contributed by atoms with Gasteiger partial charge in [0.05, 0.1) is 38.8 Å². The van der Waals surface area contributed by atoms with Gasteiger partial charge in [0.25, 0.3) is 25.8 Å². The van der Waals surface area contributed by atoms with Crippen LogP contribution in [0.1, 0.15) is 151 Å². The van der Waals surface area contributed by atoms with E-state index in [2.05, 4.69) is 47.8 Å². The highest BCUT2D eigenvalue weighted by atomic mass is 35.5. The van der Waals surface area contributed by atoms with Crippen molar-refractivity contribution < 1.29 is 59.1 Å². The number of β-amino-alcohol motifs (C(OH)–C–C–N with tert-alkyl or cyclic N) is 1. The topological polar surface area (TPSA) is 251 Å². The molecule has 4 saturated heterocycles. The summed E-state index contributed by atoms with van der Waals surface area (Å²) in [6.45, 7) is 14.7. The lowest BCUT2D eigenvalue weighted by molar-refractivity contribution is -0.144. The van der Waals surface area contributed by atoms with E-state index in [9.17, 15) is 59.1 Å². The van der Waals surface area contributed by atoms with E-state index in [-0.39, 0.29) is 60.6 Å². The van der Waals surface area contributed by atoms with Gasteiger partial charge in [-0.25, -0.2) is 26.5 Å². The van der Waals surface area contributed by atoms with Crippen molar-refractivity contribution in [1.82, 2.24) is 39.9 Å². The normalized spacial score (nSPS) is 20.6. The molecule has 574 valence electrons. The van der Waals surface area contributed by atoms with Crippen molar-refractivity contribution in [1.29, 1.82) is 0 Å². The number of alkyl halides is 3. The van der Waals surface area contributed by atoms with Gasteiger partial charge in [-0.15, -0.1) is 23.1 Å². The van der Waals surface area contributed by atoms with Crippen LogP contribution in [0.4, 0.5) is 24.5 Å². The SMILES string of the molecule is Cc1ncsc1-c1ccc([C@H](C)NC(=O)[C@@H]2C[C@@H](O)CN2C(=O)[C@@H](NC(=O)CCCCCCC(=O)N2C[C@@H]3C[C@H]2CN3CC[C@H](CSc2ccccc2)Nc2ccc(S(=O)(=O)NC(=O)c3ccc(N4CCN(CC5=C(c6ccc(Cl)cc6)CCC6(CC6)C5)CC4)cc3)cc2S(=O)(=O)C(F)(F)F)C(C)(C)C)cc1. The van der Waals surface area contributed by atoms with Gasteiger partial charge < -0.3 is 35.8 Å². The molecule has 20 nitrogen and oxygen atoms in total. The van der Waals surface area contributed by atoms with Crippen LogP contribution >= 0.6 is 34.7 Å². The van der Waals surface area contributed by atoms with Crippen molar-refractivity contribution in [3.05, 3.63) is 160 Å². The molecule has 28 heteroatoms. The van der Waals surface area contributed by atoms with Crippen molar-refractivity contribution in [2.75, 3.05) is 74.9 Å². The first-order valence-corrected chi connectivity index (χ1v) is 42.3. The number of aryl methyl sites for hydroxylation is 1. The van der Waals surface area contributed by atoms with Gasteiger partial charge in [-0.1, -0.05) is 105 Å². The lowest BCUT2D eigenvalue weighted by atomic mass is 9.79. The van der Waals surface area contributed by atoms with Crippen LogP contribution < -0.4 is 25.6 Å². The van der Waals surface area contributed by atoms with E-state index in [4.69, 9.17) is 11.6 Å². The molecule has 5 N–H and O–H groups in total. The highest BCUT2D eigenvalue weighted by molar-refractivity contribution is 7.99. The molecule has 2 aliphatic carbocycles. The average molecular weight is 1570 g/mol. The molecule has 0 radical (unpaired) electrons. The van der Waals surface area contributed by atoms with Gasteiger partial charge in [0.15, 0.2) is 0 Å². The van der Waals surface area contributed by atoms with Gasteiger partial charge in [-0.05, 0) is 171 Å². The number of aliphatic hydroxyl groups excluding tert-OH is 1. The average Bonchev–Trinajstić information content (AvgIpc) is 1.68. The van der Waals surface area contributed by atoms with Crippen LogP contribution in [0, 0.1) is 17.8 Å². The number of sulfone groups is 1. The van der Waals surface area contributed by atoms with Crippen LogP contribution in [-0.2, 0) is 39.0 Å². The van der Waals surface area contributed by atoms with Crippen LogP contribution in [0.5, 0.6) is 0 Å². The molecule has 1 aromatic heterocycles. The van der Waals surface area contributed by atoms with Crippen molar-refractivity contribution in [3.8, 4) is 10.4 Å². The molecular formula is C79H96ClF3N10O10S4. The van der Waals surface area contributed by atoms with Crippen molar-refractivity contribution in [2.24, 2.45) is 10.8 Å². The summed E-state index contributed by atoms with van der Waals surface area (Å²) in [6.07, 6.45) is 9.02. The molecule has 2 bridgehead atoms. The number of thiazole rings is 1. The number of thioether (sulfide) groups is 1. The van der Waals surface area contributed by atoms with Gasteiger partial charge in [0.1, 0.15) is 17.0 Å². The molecular weight excluding hydrogens is 1470 g/mol. The first-order valence-electron chi connectivity index (χ1n) is 37.0. The van der Waals surface area contributed by atoms with E-state index in [0.29, 0.717) is 74.7 Å². The van der Waals surface area contributed by atoms with Crippen LogP contribution in [0.2, 0.25) is 5.02 Å². The van der Waals surface area contributed by atoms with Gasteiger partial charge >= 0.3 is 5.51 Å². The van der Waals surface area contributed by atoms with Crippen LogP contribution in [-0.4, -0.2) is 183 Å². The van der Waals surface area contributed by atoms with Gasteiger partial charge in [-0.2, -0.15) is 13.2 Å². The molecule has 4 aliphatic heterocycles. The predicted molar refractivity (Wildman–Crippen MR) is 412 cm³/mol. The maximum Gasteiger partial charge on any atom is 0.501 e. The number of anilines is 2. The Kier molecular flexibility index (Phi) is 24.8. The molecule has 1 saturated carbocycles. The second-order valence-corrected chi connectivity index (χ2v) is 36.7.